The van der Waals surface area contributed by atoms with Crippen LogP contribution in [0.4, 0.5) is 0 Å². The lowest BCUT2D eigenvalue weighted by atomic mass is 10.0. The monoisotopic (exact) mass is 422 g/mol. The second-order valence-corrected chi connectivity index (χ2v) is 10.6. The topological polar surface area (TPSA) is 0 Å². The van der Waals surface area contributed by atoms with Crippen LogP contribution in [0.5, 0.6) is 0 Å². The summed E-state index contributed by atoms with van der Waals surface area (Å²) in [5.41, 5.74) is 0. The molecule has 0 saturated heterocycles. The molecule has 0 aliphatic carbocycles. The quantitative estimate of drug-likeness (QED) is 0.210. The van der Waals surface area contributed by atoms with Gasteiger partial charge in [0.15, 0.2) is 0 Å². The van der Waals surface area contributed by atoms with Gasteiger partial charge in [-0.05, 0) is 49.5 Å². The van der Waals surface area contributed by atoms with Crippen molar-refractivity contribution in [3.05, 3.63) is 0 Å². The zero-order chi connectivity index (χ0) is 16.4. The van der Waals surface area contributed by atoms with E-state index in [0.717, 1.165) is 44.3 Å². The standard InChI is InChI=1S/C14H30S7/c1-9(16)6-12(19)7-10(17)2-3-11(18)8-14(21)13(20)4-5-15/h9-21H,2-8H2,1H3. The minimum absolute atomic E-state index is 0.281. The van der Waals surface area contributed by atoms with Crippen LogP contribution in [0.15, 0.2) is 0 Å². The zero-order valence-electron chi connectivity index (χ0n) is 12.5. The van der Waals surface area contributed by atoms with Gasteiger partial charge in [0.25, 0.3) is 0 Å². The molecule has 0 heterocycles. The highest BCUT2D eigenvalue weighted by Gasteiger charge is 2.18. The van der Waals surface area contributed by atoms with Crippen LogP contribution in [0.2, 0.25) is 0 Å². The number of thiol groups is 7. The van der Waals surface area contributed by atoms with Crippen molar-refractivity contribution in [2.24, 2.45) is 0 Å². The summed E-state index contributed by atoms with van der Waals surface area (Å²) < 4.78 is 0. The number of hydrogen-bond donors (Lipinski definition) is 7. The first kappa shape index (κ1) is 23.4. The van der Waals surface area contributed by atoms with Gasteiger partial charge >= 0.3 is 0 Å². The molecule has 0 bridgehead atoms. The summed E-state index contributed by atoms with van der Waals surface area (Å²) >= 11 is 31.8. The molecule has 0 aliphatic heterocycles. The molecule has 0 N–H and O–H groups in total. The van der Waals surface area contributed by atoms with Gasteiger partial charge in [0.2, 0.25) is 0 Å². The largest absolute Gasteiger partial charge is 0.179 e. The SMILES string of the molecule is CC(S)CC(S)CC(S)CCC(S)CC(S)C(S)CCS. The van der Waals surface area contributed by atoms with Crippen LogP contribution < -0.4 is 0 Å². The zero-order valence-corrected chi connectivity index (χ0v) is 18.8. The first-order chi connectivity index (χ1) is 9.76. The highest BCUT2D eigenvalue weighted by atomic mass is 32.1. The Morgan fingerprint density at radius 3 is 1.62 bits per heavy atom. The lowest BCUT2D eigenvalue weighted by Crippen LogP contribution is -2.21. The van der Waals surface area contributed by atoms with Gasteiger partial charge in [-0.2, -0.15) is 88.4 Å². The highest BCUT2D eigenvalue weighted by molar-refractivity contribution is 7.85. The molecule has 6 atom stereocenters. The van der Waals surface area contributed by atoms with E-state index in [-0.39, 0.29) is 5.25 Å². The molecular formula is C14H30S7. The minimum atomic E-state index is 0.281. The van der Waals surface area contributed by atoms with Crippen molar-refractivity contribution in [3.63, 3.8) is 0 Å². The molecule has 0 saturated carbocycles. The second kappa shape index (κ2) is 13.7. The maximum absolute atomic E-state index is 4.69. The van der Waals surface area contributed by atoms with E-state index in [2.05, 4.69) is 95.3 Å². The average Bonchev–Trinajstić information content (AvgIpc) is 2.35. The van der Waals surface area contributed by atoms with Gasteiger partial charge in [-0.3, -0.25) is 0 Å². The average molecular weight is 423 g/mol. The smallest absolute Gasteiger partial charge is 0.0144 e. The van der Waals surface area contributed by atoms with E-state index in [1.165, 1.54) is 0 Å². The molecule has 0 spiro atoms. The summed E-state index contributed by atoms with van der Waals surface area (Å²) in [5, 5.41) is 2.11. The van der Waals surface area contributed by atoms with Crippen LogP contribution in [0.1, 0.15) is 45.4 Å². The Hall–Kier alpha value is 2.45. The number of hydrogen-bond acceptors (Lipinski definition) is 7. The Balaban J connectivity index is 3.88. The van der Waals surface area contributed by atoms with E-state index in [1.807, 2.05) is 0 Å². The van der Waals surface area contributed by atoms with Gasteiger partial charge in [-0.25, -0.2) is 0 Å². The molecule has 128 valence electrons. The molecule has 0 aliphatic rings. The van der Waals surface area contributed by atoms with Gasteiger partial charge in [0, 0.05) is 26.2 Å². The van der Waals surface area contributed by atoms with Gasteiger partial charge in [-0.15, -0.1) is 0 Å². The van der Waals surface area contributed by atoms with Crippen LogP contribution in [0.25, 0.3) is 0 Å². The molecule has 7 heteroatoms. The summed E-state index contributed by atoms with van der Waals surface area (Å²) in [7, 11) is 0. The van der Waals surface area contributed by atoms with Crippen LogP contribution in [0.3, 0.4) is 0 Å². The molecule has 0 amide bonds. The van der Waals surface area contributed by atoms with E-state index in [1.54, 1.807) is 0 Å². The van der Waals surface area contributed by atoms with Crippen LogP contribution >= 0.6 is 88.4 Å². The molecule has 0 aromatic heterocycles. The molecule has 0 nitrogen and oxygen atoms in total. The molecule has 21 heavy (non-hydrogen) atoms. The third-order valence-corrected chi connectivity index (χ3v) is 6.63. The molecule has 0 aromatic rings. The van der Waals surface area contributed by atoms with Crippen LogP contribution in [0, 0.1) is 0 Å². The van der Waals surface area contributed by atoms with Crippen molar-refractivity contribution in [2.45, 2.75) is 76.9 Å². The molecule has 0 radical (unpaired) electrons. The highest BCUT2D eigenvalue weighted by Crippen LogP contribution is 2.26. The second-order valence-electron chi connectivity index (χ2n) is 5.74. The van der Waals surface area contributed by atoms with E-state index >= 15 is 0 Å². The molecular weight excluding hydrogens is 393 g/mol. The first-order valence-corrected chi connectivity index (χ1v) is 11.2. The lowest BCUT2D eigenvalue weighted by Gasteiger charge is -2.22. The fourth-order valence-electron chi connectivity index (χ4n) is 2.19. The Labute approximate surface area is 170 Å². The number of rotatable bonds is 12. The summed E-state index contributed by atoms with van der Waals surface area (Å²) in [5.74, 6) is 0.855. The van der Waals surface area contributed by atoms with E-state index in [9.17, 15) is 0 Å². The van der Waals surface area contributed by atoms with Crippen molar-refractivity contribution in [1.29, 1.82) is 0 Å². The Kier molecular flexibility index (Phi) is 15.3. The van der Waals surface area contributed by atoms with Crippen molar-refractivity contribution >= 4 is 88.4 Å². The van der Waals surface area contributed by atoms with Gasteiger partial charge in [-0.1, -0.05) is 6.92 Å². The molecule has 0 aromatic carbocycles. The van der Waals surface area contributed by atoms with Gasteiger partial charge in [0.1, 0.15) is 0 Å². The van der Waals surface area contributed by atoms with Crippen molar-refractivity contribution < 1.29 is 0 Å². The van der Waals surface area contributed by atoms with Crippen LogP contribution in [-0.4, -0.2) is 37.3 Å². The molecule has 0 fully saturated rings. The van der Waals surface area contributed by atoms with E-state index in [0.29, 0.717) is 26.2 Å². The Morgan fingerprint density at radius 1 is 0.619 bits per heavy atom. The fraction of sp³-hybridized carbons (Fsp3) is 1.00. The van der Waals surface area contributed by atoms with Crippen molar-refractivity contribution in [2.75, 3.05) is 5.75 Å². The Morgan fingerprint density at radius 2 is 1.14 bits per heavy atom. The fourth-order valence-corrected chi connectivity index (χ4v) is 5.43. The molecule has 0 rings (SSSR count). The summed E-state index contributed by atoms with van der Waals surface area (Å²) in [6.07, 6.45) is 6.15. The Bertz CT molecular complexity index is 249. The van der Waals surface area contributed by atoms with Crippen molar-refractivity contribution in [1.82, 2.24) is 0 Å². The summed E-state index contributed by atoms with van der Waals surface area (Å²) in [6.45, 7) is 2.11. The lowest BCUT2D eigenvalue weighted by molar-refractivity contribution is 0.586. The first-order valence-electron chi connectivity index (χ1n) is 7.45. The third kappa shape index (κ3) is 13.4. The minimum Gasteiger partial charge on any atom is -0.179 e. The van der Waals surface area contributed by atoms with Gasteiger partial charge < -0.3 is 0 Å². The maximum atomic E-state index is 4.69. The van der Waals surface area contributed by atoms with E-state index < -0.39 is 0 Å². The van der Waals surface area contributed by atoms with Gasteiger partial charge in [0.05, 0.1) is 0 Å². The summed E-state index contributed by atoms with van der Waals surface area (Å²) in [4.78, 5) is 0. The third-order valence-electron chi connectivity index (χ3n) is 3.37. The van der Waals surface area contributed by atoms with Crippen molar-refractivity contribution in [3.8, 4) is 0 Å². The predicted molar refractivity (Wildman–Crippen MR) is 124 cm³/mol. The van der Waals surface area contributed by atoms with E-state index in [4.69, 9.17) is 0 Å². The normalized spacial score (nSPS) is 20.6. The summed E-state index contributed by atoms with van der Waals surface area (Å²) in [6, 6.07) is 0. The maximum Gasteiger partial charge on any atom is 0.0144 e. The predicted octanol–water partition coefficient (Wildman–Crippen LogP) is 5.07. The van der Waals surface area contributed by atoms with Crippen LogP contribution in [-0.2, 0) is 0 Å². The molecule has 6 unspecified atom stereocenters.